The number of ether oxygens (including phenoxy) is 1. The molecule has 3 N–H and O–H groups in total. The van der Waals surface area contributed by atoms with Gasteiger partial charge in [-0.05, 0) is 26.0 Å². The van der Waals surface area contributed by atoms with Gasteiger partial charge in [-0.1, -0.05) is 6.07 Å². The molecule has 78 valence electrons. The maximum absolute atomic E-state index is 5.39. The standard InChI is InChI=1S/C10H17N3O/c1-2-14-10-6-3-5-9(13-10)12-8-4-7-11/h3,5-6H,2,4,7-8,11H2,1H3,(H,12,13). The van der Waals surface area contributed by atoms with Crippen molar-refractivity contribution in [3.05, 3.63) is 18.2 Å². The summed E-state index contributed by atoms with van der Waals surface area (Å²) in [5, 5.41) is 3.17. The molecule has 1 rings (SSSR count). The first-order valence-corrected chi connectivity index (χ1v) is 4.90. The molecule has 0 aromatic carbocycles. The normalized spacial score (nSPS) is 9.86. The predicted molar refractivity (Wildman–Crippen MR) is 57.6 cm³/mol. The van der Waals surface area contributed by atoms with Gasteiger partial charge in [0.2, 0.25) is 5.88 Å². The molecule has 0 bridgehead atoms. The minimum atomic E-state index is 0.638. The second-order valence-electron chi connectivity index (χ2n) is 2.86. The molecule has 0 saturated carbocycles. The zero-order valence-corrected chi connectivity index (χ0v) is 8.49. The third-order valence-corrected chi connectivity index (χ3v) is 1.70. The average Bonchev–Trinajstić information content (AvgIpc) is 2.19. The van der Waals surface area contributed by atoms with Crippen molar-refractivity contribution >= 4 is 5.82 Å². The van der Waals surface area contributed by atoms with Crippen molar-refractivity contribution in [2.24, 2.45) is 5.73 Å². The van der Waals surface area contributed by atoms with Crippen LogP contribution in [-0.4, -0.2) is 24.7 Å². The molecule has 0 saturated heterocycles. The van der Waals surface area contributed by atoms with E-state index in [1.807, 2.05) is 25.1 Å². The minimum Gasteiger partial charge on any atom is -0.478 e. The Morgan fingerprint density at radius 2 is 2.36 bits per heavy atom. The van der Waals surface area contributed by atoms with E-state index in [0.29, 0.717) is 19.0 Å². The Kier molecular flexibility index (Phi) is 4.78. The first-order chi connectivity index (χ1) is 6.86. The van der Waals surface area contributed by atoms with E-state index in [1.165, 1.54) is 0 Å². The quantitative estimate of drug-likeness (QED) is 0.670. The maximum atomic E-state index is 5.39. The zero-order chi connectivity index (χ0) is 10.2. The van der Waals surface area contributed by atoms with Crippen LogP contribution in [-0.2, 0) is 0 Å². The topological polar surface area (TPSA) is 60.2 Å². The first-order valence-electron chi connectivity index (χ1n) is 4.90. The molecule has 4 nitrogen and oxygen atoms in total. The number of nitrogens with one attached hydrogen (secondary N) is 1. The van der Waals surface area contributed by atoms with E-state index in [1.54, 1.807) is 0 Å². The molecule has 1 aromatic rings. The minimum absolute atomic E-state index is 0.638. The van der Waals surface area contributed by atoms with Crippen LogP contribution < -0.4 is 15.8 Å². The van der Waals surface area contributed by atoms with E-state index >= 15 is 0 Å². The van der Waals surface area contributed by atoms with Crippen molar-refractivity contribution < 1.29 is 4.74 Å². The lowest BCUT2D eigenvalue weighted by Crippen LogP contribution is -2.09. The molecule has 0 atom stereocenters. The molecule has 14 heavy (non-hydrogen) atoms. The third-order valence-electron chi connectivity index (χ3n) is 1.70. The monoisotopic (exact) mass is 195 g/mol. The fourth-order valence-corrected chi connectivity index (χ4v) is 1.06. The fraction of sp³-hybridized carbons (Fsp3) is 0.500. The van der Waals surface area contributed by atoms with E-state index in [4.69, 9.17) is 10.5 Å². The largest absolute Gasteiger partial charge is 0.478 e. The summed E-state index contributed by atoms with van der Waals surface area (Å²) in [6, 6.07) is 5.68. The van der Waals surface area contributed by atoms with Crippen LogP contribution in [0.15, 0.2) is 18.2 Å². The maximum Gasteiger partial charge on any atom is 0.215 e. The second-order valence-corrected chi connectivity index (χ2v) is 2.86. The summed E-state index contributed by atoms with van der Waals surface area (Å²) in [5.41, 5.74) is 5.39. The molecular formula is C10H17N3O. The Hall–Kier alpha value is -1.29. The molecule has 1 aromatic heterocycles. The number of pyridine rings is 1. The molecule has 0 aliphatic carbocycles. The van der Waals surface area contributed by atoms with Gasteiger partial charge in [0.25, 0.3) is 0 Å². The highest BCUT2D eigenvalue weighted by atomic mass is 16.5. The fourth-order valence-electron chi connectivity index (χ4n) is 1.06. The Morgan fingerprint density at radius 3 is 3.07 bits per heavy atom. The highest BCUT2D eigenvalue weighted by Gasteiger charge is 1.96. The molecule has 0 radical (unpaired) electrons. The number of aromatic nitrogens is 1. The van der Waals surface area contributed by atoms with E-state index in [-0.39, 0.29) is 0 Å². The van der Waals surface area contributed by atoms with Crippen LogP contribution in [0.1, 0.15) is 13.3 Å². The molecule has 1 heterocycles. The lowest BCUT2D eigenvalue weighted by Gasteiger charge is -2.06. The summed E-state index contributed by atoms with van der Waals surface area (Å²) in [6.07, 6.45) is 0.945. The van der Waals surface area contributed by atoms with Gasteiger partial charge in [-0.15, -0.1) is 0 Å². The molecule has 0 spiro atoms. The molecule has 0 aliphatic rings. The second kappa shape index (κ2) is 6.21. The van der Waals surface area contributed by atoms with E-state index in [2.05, 4.69) is 10.3 Å². The van der Waals surface area contributed by atoms with Crippen LogP contribution in [0.4, 0.5) is 5.82 Å². The predicted octanol–water partition coefficient (Wildman–Crippen LogP) is 1.24. The van der Waals surface area contributed by atoms with Gasteiger partial charge in [0.1, 0.15) is 5.82 Å². The first kappa shape index (κ1) is 10.8. The van der Waals surface area contributed by atoms with Crippen LogP contribution in [0.5, 0.6) is 5.88 Å². The third kappa shape index (κ3) is 3.62. The van der Waals surface area contributed by atoms with Crippen LogP contribution in [0, 0.1) is 0 Å². The number of hydrogen-bond acceptors (Lipinski definition) is 4. The van der Waals surface area contributed by atoms with Gasteiger partial charge in [0.15, 0.2) is 0 Å². The Labute approximate surface area is 84.5 Å². The van der Waals surface area contributed by atoms with Crippen molar-refractivity contribution in [3.63, 3.8) is 0 Å². The lowest BCUT2D eigenvalue weighted by atomic mass is 10.4. The Bertz CT molecular complexity index is 265. The van der Waals surface area contributed by atoms with Crippen LogP contribution in [0.2, 0.25) is 0 Å². The molecule has 0 fully saturated rings. The Morgan fingerprint density at radius 1 is 1.50 bits per heavy atom. The van der Waals surface area contributed by atoms with Crippen molar-refractivity contribution in [1.29, 1.82) is 0 Å². The van der Waals surface area contributed by atoms with E-state index in [9.17, 15) is 0 Å². The molecule has 0 unspecified atom stereocenters. The van der Waals surface area contributed by atoms with Gasteiger partial charge < -0.3 is 15.8 Å². The van der Waals surface area contributed by atoms with Gasteiger partial charge in [0.05, 0.1) is 6.61 Å². The smallest absolute Gasteiger partial charge is 0.215 e. The van der Waals surface area contributed by atoms with Gasteiger partial charge in [-0.25, -0.2) is 0 Å². The number of anilines is 1. The number of nitrogens with zero attached hydrogens (tertiary/aromatic N) is 1. The van der Waals surface area contributed by atoms with Gasteiger partial charge >= 0.3 is 0 Å². The summed E-state index contributed by atoms with van der Waals surface area (Å²) in [7, 11) is 0. The summed E-state index contributed by atoms with van der Waals surface area (Å²) < 4.78 is 5.28. The Balaban J connectivity index is 2.46. The van der Waals surface area contributed by atoms with Gasteiger partial charge in [0, 0.05) is 12.6 Å². The van der Waals surface area contributed by atoms with Crippen molar-refractivity contribution in [2.75, 3.05) is 25.0 Å². The summed E-state index contributed by atoms with van der Waals surface area (Å²) in [6.45, 7) is 4.12. The van der Waals surface area contributed by atoms with Crippen LogP contribution in [0.3, 0.4) is 0 Å². The highest BCUT2D eigenvalue weighted by Crippen LogP contribution is 2.10. The van der Waals surface area contributed by atoms with Crippen molar-refractivity contribution in [3.8, 4) is 5.88 Å². The van der Waals surface area contributed by atoms with Crippen LogP contribution in [0.25, 0.3) is 0 Å². The van der Waals surface area contributed by atoms with Crippen molar-refractivity contribution in [1.82, 2.24) is 4.98 Å². The van der Waals surface area contributed by atoms with Gasteiger partial charge in [-0.3, -0.25) is 0 Å². The summed E-state index contributed by atoms with van der Waals surface area (Å²) >= 11 is 0. The summed E-state index contributed by atoms with van der Waals surface area (Å²) in [5.74, 6) is 1.50. The molecule has 0 amide bonds. The van der Waals surface area contributed by atoms with E-state index in [0.717, 1.165) is 18.8 Å². The number of hydrogen-bond donors (Lipinski definition) is 2. The SMILES string of the molecule is CCOc1cccc(NCCCN)n1. The average molecular weight is 195 g/mol. The van der Waals surface area contributed by atoms with E-state index < -0.39 is 0 Å². The van der Waals surface area contributed by atoms with Gasteiger partial charge in [-0.2, -0.15) is 4.98 Å². The molecule has 0 aliphatic heterocycles. The van der Waals surface area contributed by atoms with Crippen molar-refractivity contribution in [2.45, 2.75) is 13.3 Å². The zero-order valence-electron chi connectivity index (χ0n) is 8.49. The molecule has 4 heteroatoms. The lowest BCUT2D eigenvalue weighted by molar-refractivity contribution is 0.327. The number of nitrogens with two attached hydrogens (primary N) is 1. The highest BCUT2D eigenvalue weighted by molar-refractivity contribution is 5.36. The van der Waals surface area contributed by atoms with Crippen LogP contribution >= 0.6 is 0 Å². The number of rotatable bonds is 6. The summed E-state index contributed by atoms with van der Waals surface area (Å²) in [4.78, 5) is 4.26. The molecular weight excluding hydrogens is 178 g/mol.